The van der Waals surface area contributed by atoms with Gasteiger partial charge < -0.3 is 10.4 Å². The molecule has 7 heteroatoms. The van der Waals surface area contributed by atoms with Crippen LogP contribution in [0.1, 0.15) is 17.2 Å². The highest BCUT2D eigenvalue weighted by Gasteiger charge is 2.38. The summed E-state index contributed by atoms with van der Waals surface area (Å²) in [6, 6.07) is 8.79. The monoisotopic (exact) mass is 318 g/mol. The molecule has 118 valence electrons. The first-order valence-electron chi connectivity index (χ1n) is 6.81. The highest BCUT2D eigenvalue weighted by atomic mass is 19.1. The Morgan fingerprint density at radius 2 is 1.74 bits per heavy atom. The van der Waals surface area contributed by atoms with Crippen molar-refractivity contribution < 1.29 is 23.5 Å². The zero-order valence-corrected chi connectivity index (χ0v) is 11.8. The Bertz CT molecular complexity index is 774. The molecule has 5 nitrogen and oxygen atoms in total. The van der Waals surface area contributed by atoms with Crippen LogP contribution in [0.2, 0.25) is 0 Å². The Labute approximate surface area is 130 Å². The van der Waals surface area contributed by atoms with Crippen LogP contribution in [0.25, 0.3) is 0 Å². The smallest absolute Gasteiger partial charge is 0.408 e. The summed E-state index contributed by atoms with van der Waals surface area (Å²) in [4.78, 5) is 24.7. The predicted molar refractivity (Wildman–Crippen MR) is 77.7 cm³/mol. The molecule has 2 aromatic carbocycles. The minimum atomic E-state index is -1.28. The first-order chi connectivity index (χ1) is 11.0. The fraction of sp³-hybridized carbons (Fsp3) is 0.125. The van der Waals surface area contributed by atoms with Crippen molar-refractivity contribution in [3.05, 3.63) is 65.2 Å². The first kappa shape index (κ1) is 15.0. The van der Waals surface area contributed by atoms with Crippen molar-refractivity contribution in [1.82, 2.24) is 4.90 Å². The maximum Gasteiger partial charge on any atom is 0.408 e. The van der Waals surface area contributed by atoms with E-state index in [4.69, 9.17) is 0 Å². The fourth-order valence-corrected chi connectivity index (χ4v) is 2.66. The number of nitrogens with zero attached hydrogens (tertiary/aromatic N) is 1. The average Bonchev–Trinajstić information content (AvgIpc) is 2.91. The molecule has 2 N–H and O–H groups in total. The van der Waals surface area contributed by atoms with Gasteiger partial charge in [0.2, 0.25) is 0 Å². The molecule has 0 aliphatic carbocycles. The van der Waals surface area contributed by atoms with Gasteiger partial charge in [-0.3, -0.25) is 9.69 Å². The van der Waals surface area contributed by atoms with E-state index in [1.165, 1.54) is 6.07 Å². The lowest BCUT2D eigenvalue weighted by Crippen LogP contribution is -2.36. The summed E-state index contributed by atoms with van der Waals surface area (Å²) in [6.07, 6.45) is -1.28. The number of amides is 2. The summed E-state index contributed by atoms with van der Waals surface area (Å²) in [5, 5.41) is 11.4. The van der Waals surface area contributed by atoms with Crippen LogP contribution in [0.5, 0.6) is 0 Å². The molecule has 0 saturated heterocycles. The third kappa shape index (κ3) is 2.61. The highest BCUT2D eigenvalue weighted by Crippen LogP contribution is 2.34. The van der Waals surface area contributed by atoms with Gasteiger partial charge in [-0.25, -0.2) is 13.6 Å². The Morgan fingerprint density at radius 1 is 1.09 bits per heavy atom. The van der Waals surface area contributed by atoms with Gasteiger partial charge in [0, 0.05) is 0 Å². The summed E-state index contributed by atoms with van der Waals surface area (Å²) in [5.41, 5.74) is 0.598. The van der Waals surface area contributed by atoms with Crippen molar-refractivity contribution in [2.24, 2.45) is 0 Å². The van der Waals surface area contributed by atoms with E-state index in [0.717, 1.165) is 17.0 Å². The Kier molecular flexibility index (Phi) is 3.69. The van der Waals surface area contributed by atoms with Crippen LogP contribution in [0.3, 0.4) is 0 Å². The topological polar surface area (TPSA) is 69.6 Å². The molecular weight excluding hydrogens is 306 g/mol. The van der Waals surface area contributed by atoms with E-state index in [9.17, 15) is 23.5 Å². The molecule has 1 aliphatic rings. The lowest BCUT2D eigenvalue weighted by atomic mass is 10.0. The summed E-state index contributed by atoms with van der Waals surface area (Å²) in [7, 11) is 0. The highest BCUT2D eigenvalue weighted by molar-refractivity contribution is 5.98. The van der Waals surface area contributed by atoms with E-state index < -0.39 is 35.4 Å². The van der Waals surface area contributed by atoms with Gasteiger partial charge in [-0.15, -0.1) is 0 Å². The maximum atomic E-state index is 13.7. The van der Waals surface area contributed by atoms with Gasteiger partial charge in [-0.1, -0.05) is 30.3 Å². The second kappa shape index (κ2) is 5.68. The number of anilines is 1. The fourth-order valence-electron chi connectivity index (χ4n) is 2.66. The van der Waals surface area contributed by atoms with E-state index in [1.807, 2.05) is 0 Å². The molecule has 3 rings (SSSR count). The molecule has 1 heterocycles. The van der Waals surface area contributed by atoms with Gasteiger partial charge in [0.25, 0.3) is 5.91 Å². The molecule has 1 aliphatic heterocycles. The third-order valence-corrected chi connectivity index (χ3v) is 3.71. The van der Waals surface area contributed by atoms with Crippen molar-refractivity contribution in [3.8, 4) is 0 Å². The van der Waals surface area contributed by atoms with E-state index in [0.29, 0.717) is 11.1 Å². The molecule has 2 amide bonds. The van der Waals surface area contributed by atoms with Crippen molar-refractivity contribution in [3.63, 3.8) is 0 Å². The zero-order valence-electron chi connectivity index (χ0n) is 11.8. The summed E-state index contributed by atoms with van der Waals surface area (Å²) < 4.78 is 27.3. The molecule has 0 spiro atoms. The zero-order chi connectivity index (χ0) is 16.6. The standard InChI is InChI=1S/C16H12F2N2O3/c17-11-6-3-7-12(18)13(11)19-15(21)14-10-5-2-1-4-9(10)8-20(14)16(22)23/h1-7,14H,8H2,(H,19,21)(H,22,23)/t14-/m0/s1. The SMILES string of the molecule is O=C(Nc1c(F)cccc1F)[C@@H]1c2ccccc2CN1C(=O)O. The minimum Gasteiger partial charge on any atom is -0.465 e. The summed E-state index contributed by atoms with van der Waals surface area (Å²) in [5.74, 6) is -2.65. The predicted octanol–water partition coefficient (Wildman–Crippen LogP) is 3.14. The molecular formula is C16H12F2N2O3. The van der Waals surface area contributed by atoms with Crippen LogP contribution in [0.15, 0.2) is 42.5 Å². The number of hydrogen-bond donors (Lipinski definition) is 2. The van der Waals surface area contributed by atoms with Crippen molar-refractivity contribution in [1.29, 1.82) is 0 Å². The molecule has 0 fully saturated rings. The van der Waals surface area contributed by atoms with Gasteiger partial charge in [-0.05, 0) is 23.3 Å². The Hall–Kier alpha value is -2.96. The van der Waals surface area contributed by atoms with Crippen molar-refractivity contribution in [2.75, 3.05) is 5.32 Å². The molecule has 0 bridgehead atoms. The molecule has 23 heavy (non-hydrogen) atoms. The van der Waals surface area contributed by atoms with E-state index in [-0.39, 0.29) is 6.54 Å². The van der Waals surface area contributed by atoms with Crippen molar-refractivity contribution >= 4 is 17.7 Å². The number of carbonyl (C=O) groups is 2. The second-order valence-electron chi connectivity index (χ2n) is 5.10. The number of rotatable bonds is 2. The largest absolute Gasteiger partial charge is 0.465 e. The lowest BCUT2D eigenvalue weighted by molar-refractivity contribution is -0.120. The van der Waals surface area contributed by atoms with Crippen LogP contribution in [0.4, 0.5) is 19.3 Å². The van der Waals surface area contributed by atoms with Crippen LogP contribution >= 0.6 is 0 Å². The number of carbonyl (C=O) groups excluding carboxylic acids is 1. The number of benzene rings is 2. The van der Waals surface area contributed by atoms with Crippen LogP contribution in [-0.4, -0.2) is 22.0 Å². The van der Waals surface area contributed by atoms with Crippen molar-refractivity contribution in [2.45, 2.75) is 12.6 Å². The lowest BCUT2D eigenvalue weighted by Gasteiger charge is -2.21. The average molecular weight is 318 g/mol. The number of hydrogen-bond acceptors (Lipinski definition) is 2. The number of nitrogens with one attached hydrogen (secondary N) is 1. The Balaban J connectivity index is 1.95. The quantitative estimate of drug-likeness (QED) is 0.894. The number of halogens is 2. The molecule has 0 unspecified atom stereocenters. The number of para-hydroxylation sites is 1. The molecule has 1 atom stereocenters. The van der Waals surface area contributed by atoms with Gasteiger partial charge >= 0.3 is 6.09 Å². The third-order valence-electron chi connectivity index (χ3n) is 3.71. The number of fused-ring (bicyclic) bond motifs is 1. The normalized spacial score (nSPS) is 16.1. The molecule has 0 aromatic heterocycles. The van der Waals surface area contributed by atoms with Crippen LogP contribution in [0, 0.1) is 11.6 Å². The number of carboxylic acid groups (broad SMARTS) is 1. The molecule has 0 radical (unpaired) electrons. The van der Waals surface area contributed by atoms with Gasteiger partial charge in [0.05, 0.1) is 6.54 Å². The van der Waals surface area contributed by atoms with E-state index in [2.05, 4.69) is 5.32 Å². The molecule has 0 saturated carbocycles. The van der Waals surface area contributed by atoms with Gasteiger partial charge in [0.15, 0.2) is 0 Å². The van der Waals surface area contributed by atoms with Crippen LogP contribution < -0.4 is 5.32 Å². The van der Waals surface area contributed by atoms with E-state index >= 15 is 0 Å². The van der Waals surface area contributed by atoms with Gasteiger partial charge in [-0.2, -0.15) is 0 Å². The Morgan fingerprint density at radius 3 is 2.39 bits per heavy atom. The molecule has 2 aromatic rings. The summed E-state index contributed by atoms with van der Waals surface area (Å²) in [6.45, 7) is 0.0450. The first-order valence-corrected chi connectivity index (χ1v) is 6.81. The second-order valence-corrected chi connectivity index (χ2v) is 5.10. The maximum absolute atomic E-state index is 13.7. The van der Waals surface area contributed by atoms with Gasteiger partial charge in [0.1, 0.15) is 23.4 Å². The van der Waals surface area contributed by atoms with E-state index in [1.54, 1.807) is 24.3 Å². The minimum absolute atomic E-state index is 0.0450. The summed E-state index contributed by atoms with van der Waals surface area (Å²) >= 11 is 0. The van der Waals surface area contributed by atoms with Crippen LogP contribution in [-0.2, 0) is 11.3 Å².